The third-order valence-corrected chi connectivity index (χ3v) is 4.71. The largest absolute Gasteiger partial charge is 0.481 e. The fraction of sp³-hybridized carbons (Fsp3) is 0.733. The number of carboxylic acids is 1. The fourth-order valence-electron chi connectivity index (χ4n) is 3.06. The quantitative estimate of drug-likeness (QED) is 0.778. The van der Waals surface area contributed by atoms with E-state index in [0.717, 1.165) is 19.5 Å². The van der Waals surface area contributed by atoms with Crippen LogP contribution in [0.15, 0.2) is 12.2 Å². The Morgan fingerprint density at radius 2 is 1.74 bits per heavy atom. The Morgan fingerprint density at radius 1 is 1.11 bits per heavy atom. The summed E-state index contributed by atoms with van der Waals surface area (Å²) in [6, 6.07) is 0. The maximum atomic E-state index is 12.5. The highest BCUT2D eigenvalue weighted by atomic mass is 16.4. The number of carbonyl (C=O) groups is 2. The second kappa shape index (κ2) is 5.76. The van der Waals surface area contributed by atoms with E-state index in [1.807, 2.05) is 17.1 Å². The first-order valence-corrected chi connectivity index (χ1v) is 7.17. The normalized spacial score (nSPS) is 35.2. The van der Waals surface area contributed by atoms with Gasteiger partial charge in [0.1, 0.15) is 0 Å². The van der Waals surface area contributed by atoms with Crippen LogP contribution in [0.3, 0.4) is 0 Å². The van der Waals surface area contributed by atoms with Crippen molar-refractivity contribution < 1.29 is 14.7 Å². The molecule has 2 rings (SSSR count). The Kier molecular flexibility index (Phi) is 4.27. The predicted octanol–water partition coefficient (Wildman–Crippen LogP) is 2.16. The molecule has 0 radical (unpaired) electrons. The lowest BCUT2D eigenvalue weighted by Gasteiger charge is -2.38. The number of amides is 1. The molecule has 1 heterocycles. The number of nitrogens with zero attached hydrogens (tertiary/aromatic N) is 1. The van der Waals surface area contributed by atoms with Crippen molar-refractivity contribution in [2.24, 2.45) is 23.7 Å². The van der Waals surface area contributed by atoms with E-state index in [2.05, 4.69) is 13.8 Å². The number of carbonyl (C=O) groups excluding carboxylic acids is 1. The van der Waals surface area contributed by atoms with Gasteiger partial charge in [0.05, 0.1) is 11.8 Å². The summed E-state index contributed by atoms with van der Waals surface area (Å²) >= 11 is 0. The molecule has 0 saturated carbocycles. The Morgan fingerprint density at radius 3 is 2.32 bits per heavy atom. The van der Waals surface area contributed by atoms with Crippen LogP contribution in [0.2, 0.25) is 0 Å². The summed E-state index contributed by atoms with van der Waals surface area (Å²) in [6.07, 6.45) is 5.89. The fourth-order valence-corrected chi connectivity index (χ4v) is 3.06. The molecule has 0 spiro atoms. The van der Waals surface area contributed by atoms with Crippen LogP contribution < -0.4 is 0 Å². The lowest BCUT2D eigenvalue weighted by atomic mass is 9.81. The third-order valence-electron chi connectivity index (χ3n) is 4.71. The summed E-state index contributed by atoms with van der Waals surface area (Å²) in [5, 5.41) is 9.25. The number of piperidine rings is 1. The highest BCUT2D eigenvalue weighted by molar-refractivity contribution is 5.85. The first kappa shape index (κ1) is 14.1. The van der Waals surface area contributed by atoms with E-state index in [1.54, 1.807) is 0 Å². The molecule has 106 valence electrons. The number of hydrogen-bond donors (Lipinski definition) is 1. The second-order valence-corrected chi connectivity index (χ2v) is 6.02. The zero-order chi connectivity index (χ0) is 14.0. The van der Waals surface area contributed by atoms with Gasteiger partial charge in [-0.3, -0.25) is 9.59 Å². The van der Waals surface area contributed by atoms with Gasteiger partial charge in [-0.05, 0) is 31.1 Å². The van der Waals surface area contributed by atoms with Gasteiger partial charge in [0, 0.05) is 13.1 Å². The van der Waals surface area contributed by atoms with Crippen LogP contribution in [0.5, 0.6) is 0 Å². The molecule has 0 bridgehead atoms. The van der Waals surface area contributed by atoms with Crippen LogP contribution >= 0.6 is 0 Å². The molecule has 19 heavy (non-hydrogen) atoms. The molecule has 1 aliphatic heterocycles. The van der Waals surface area contributed by atoms with Gasteiger partial charge in [-0.25, -0.2) is 0 Å². The van der Waals surface area contributed by atoms with E-state index in [-0.39, 0.29) is 11.8 Å². The first-order valence-electron chi connectivity index (χ1n) is 7.17. The van der Waals surface area contributed by atoms with Crippen LogP contribution in [0.4, 0.5) is 0 Å². The average Bonchev–Trinajstić information content (AvgIpc) is 2.41. The van der Waals surface area contributed by atoms with Crippen molar-refractivity contribution in [1.29, 1.82) is 0 Å². The molecule has 1 saturated heterocycles. The van der Waals surface area contributed by atoms with Gasteiger partial charge >= 0.3 is 5.97 Å². The van der Waals surface area contributed by atoms with Crippen LogP contribution in [-0.2, 0) is 9.59 Å². The summed E-state index contributed by atoms with van der Waals surface area (Å²) in [5.74, 6) is -0.586. The van der Waals surface area contributed by atoms with E-state index in [9.17, 15) is 14.7 Å². The monoisotopic (exact) mass is 265 g/mol. The molecule has 4 nitrogen and oxygen atoms in total. The van der Waals surface area contributed by atoms with Crippen LogP contribution in [0, 0.1) is 23.7 Å². The topological polar surface area (TPSA) is 57.6 Å². The number of rotatable bonds is 2. The lowest BCUT2D eigenvalue weighted by molar-refractivity contribution is -0.151. The number of carboxylic acid groups (broad SMARTS) is 1. The molecule has 1 aliphatic carbocycles. The summed E-state index contributed by atoms with van der Waals surface area (Å²) in [5.41, 5.74) is 0. The molecular weight excluding hydrogens is 242 g/mol. The first-order chi connectivity index (χ1) is 9.00. The van der Waals surface area contributed by atoms with Crippen molar-refractivity contribution in [1.82, 2.24) is 4.90 Å². The second-order valence-electron chi connectivity index (χ2n) is 6.02. The third kappa shape index (κ3) is 2.99. The molecular formula is C15H23NO3. The number of hydrogen-bond acceptors (Lipinski definition) is 2. The van der Waals surface area contributed by atoms with Gasteiger partial charge in [-0.1, -0.05) is 26.0 Å². The lowest BCUT2D eigenvalue weighted by Crippen LogP contribution is -2.47. The average molecular weight is 265 g/mol. The van der Waals surface area contributed by atoms with Crippen molar-refractivity contribution in [3.05, 3.63) is 12.2 Å². The minimum atomic E-state index is -0.846. The molecule has 4 heteroatoms. The standard InChI is InChI=1S/C15H23NO3/c1-10-7-8-16(9-11(10)2)14(17)12-5-3-4-6-13(12)15(18)19/h3-4,10-13H,5-9H2,1-2H3,(H,18,19). The molecule has 0 aromatic carbocycles. The van der Waals surface area contributed by atoms with Gasteiger partial charge < -0.3 is 10.0 Å². The number of aliphatic carboxylic acids is 1. The molecule has 1 amide bonds. The van der Waals surface area contributed by atoms with Crippen LogP contribution in [-0.4, -0.2) is 35.0 Å². The van der Waals surface area contributed by atoms with Crippen molar-refractivity contribution in [2.45, 2.75) is 33.1 Å². The molecule has 1 N–H and O–H groups in total. The summed E-state index contributed by atoms with van der Waals surface area (Å²) in [7, 11) is 0. The van der Waals surface area contributed by atoms with E-state index in [1.165, 1.54) is 0 Å². The minimum Gasteiger partial charge on any atom is -0.481 e. The SMILES string of the molecule is CC1CCN(C(=O)C2CC=CCC2C(=O)O)CC1C. The van der Waals surface area contributed by atoms with Gasteiger partial charge in [0.25, 0.3) is 0 Å². The number of allylic oxidation sites excluding steroid dienone is 2. The van der Waals surface area contributed by atoms with E-state index in [0.29, 0.717) is 24.7 Å². The van der Waals surface area contributed by atoms with Crippen LogP contribution in [0.1, 0.15) is 33.1 Å². The van der Waals surface area contributed by atoms with Gasteiger partial charge in [-0.15, -0.1) is 0 Å². The van der Waals surface area contributed by atoms with Gasteiger partial charge in [0.15, 0.2) is 0 Å². The summed E-state index contributed by atoms with van der Waals surface area (Å²) in [4.78, 5) is 25.7. The zero-order valence-electron chi connectivity index (χ0n) is 11.7. The van der Waals surface area contributed by atoms with E-state index >= 15 is 0 Å². The molecule has 1 fully saturated rings. The Bertz CT molecular complexity index is 391. The van der Waals surface area contributed by atoms with E-state index < -0.39 is 11.9 Å². The summed E-state index contributed by atoms with van der Waals surface area (Å²) in [6.45, 7) is 5.93. The van der Waals surface area contributed by atoms with Gasteiger partial charge in [0.2, 0.25) is 5.91 Å². The van der Waals surface area contributed by atoms with E-state index in [4.69, 9.17) is 0 Å². The molecule has 2 aliphatic rings. The molecule has 4 atom stereocenters. The molecule has 0 aromatic rings. The maximum absolute atomic E-state index is 12.5. The predicted molar refractivity (Wildman–Crippen MR) is 72.5 cm³/mol. The van der Waals surface area contributed by atoms with Crippen molar-refractivity contribution in [3.63, 3.8) is 0 Å². The van der Waals surface area contributed by atoms with Crippen molar-refractivity contribution in [3.8, 4) is 0 Å². The van der Waals surface area contributed by atoms with Crippen molar-refractivity contribution in [2.75, 3.05) is 13.1 Å². The van der Waals surface area contributed by atoms with Crippen LogP contribution in [0.25, 0.3) is 0 Å². The van der Waals surface area contributed by atoms with Gasteiger partial charge in [-0.2, -0.15) is 0 Å². The molecule has 4 unspecified atom stereocenters. The highest BCUT2D eigenvalue weighted by Gasteiger charge is 2.37. The smallest absolute Gasteiger partial charge is 0.307 e. The Hall–Kier alpha value is -1.32. The van der Waals surface area contributed by atoms with Crippen molar-refractivity contribution >= 4 is 11.9 Å². The zero-order valence-corrected chi connectivity index (χ0v) is 11.7. The Labute approximate surface area is 114 Å². The number of likely N-dealkylation sites (tertiary alicyclic amines) is 1. The highest BCUT2D eigenvalue weighted by Crippen LogP contribution is 2.30. The maximum Gasteiger partial charge on any atom is 0.307 e. The molecule has 0 aromatic heterocycles. The minimum absolute atomic E-state index is 0.0375. The Balaban J connectivity index is 2.06. The summed E-state index contributed by atoms with van der Waals surface area (Å²) < 4.78 is 0.